The average Bonchev–Trinajstić information content (AvgIpc) is 2.31. The minimum absolute atomic E-state index is 0.106. The molecule has 0 aromatic heterocycles. The summed E-state index contributed by atoms with van der Waals surface area (Å²) in [7, 11) is 0. The Morgan fingerprint density at radius 1 is 1.39 bits per heavy atom. The van der Waals surface area contributed by atoms with Gasteiger partial charge in [0, 0.05) is 19.6 Å². The highest BCUT2D eigenvalue weighted by atomic mass is 35.5. The zero-order valence-corrected chi connectivity index (χ0v) is 11.4. The molecule has 0 bridgehead atoms. The Balaban J connectivity index is 2.66. The highest BCUT2D eigenvalue weighted by molar-refractivity contribution is 6.42. The maximum absolute atomic E-state index is 10.6. The van der Waals surface area contributed by atoms with Gasteiger partial charge in [-0.05, 0) is 17.7 Å². The molecule has 18 heavy (non-hydrogen) atoms. The van der Waals surface area contributed by atoms with Crippen molar-refractivity contribution in [1.29, 1.82) is 0 Å². The summed E-state index contributed by atoms with van der Waals surface area (Å²) in [5, 5.41) is 9.71. The van der Waals surface area contributed by atoms with Gasteiger partial charge in [-0.3, -0.25) is 9.69 Å². The van der Waals surface area contributed by atoms with Crippen LogP contribution in [0.1, 0.15) is 12.0 Å². The van der Waals surface area contributed by atoms with Gasteiger partial charge in [0.05, 0.1) is 16.5 Å². The van der Waals surface area contributed by atoms with E-state index in [4.69, 9.17) is 28.3 Å². The third-order valence-electron chi connectivity index (χ3n) is 2.42. The lowest BCUT2D eigenvalue weighted by atomic mass is 10.2. The number of nitrogens with zero attached hydrogens (tertiary/aromatic N) is 1. The fraction of sp³-hybridized carbons (Fsp3) is 0.308. The summed E-state index contributed by atoms with van der Waals surface area (Å²) in [6.45, 7) is 5.39. The lowest BCUT2D eigenvalue weighted by molar-refractivity contribution is -0.137. The van der Waals surface area contributed by atoms with Gasteiger partial charge in [-0.2, -0.15) is 0 Å². The van der Waals surface area contributed by atoms with Crippen molar-refractivity contribution in [2.75, 3.05) is 13.1 Å². The smallest absolute Gasteiger partial charge is 0.304 e. The summed E-state index contributed by atoms with van der Waals surface area (Å²) in [4.78, 5) is 12.6. The molecule has 0 saturated carbocycles. The molecule has 1 aromatic rings. The van der Waals surface area contributed by atoms with E-state index >= 15 is 0 Å². The monoisotopic (exact) mass is 287 g/mol. The van der Waals surface area contributed by atoms with Crippen LogP contribution in [-0.4, -0.2) is 29.1 Å². The molecular weight excluding hydrogens is 273 g/mol. The summed E-state index contributed by atoms with van der Waals surface area (Å²) in [6, 6.07) is 5.41. The standard InChI is InChI=1S/C13H15Cl2NO2/c1-2-6-16(7-5-13(17)18)9-10-3-4-11(14)12(15)8-10/h2-4,8H,1,5-7,9H2,(H,17,18). The second-order valence-electron chi connectivity index (χ2n) is 3.92. The van der Waals surface area contributed by atoms with E-state index in [9.17, 15) is 4.79 Å². The van der Waals surface area contributed by atoms with Gasteiger partial charge in [-0.25, -0.2) is 0 Å². The van der Waals surface area contributed by atoms with Crippen LogP contribution in [0.2, 0.25) is 10.0 Å². The van der Waals surface area contributed by atoms with Crippen molar-refractivity contribution in [2.45, 2.75) is 13.0 Å². The fourth-order valence-electron chi connectivity index (χ4n) is 1.57. The van der Waals surface area contributed by atoms with E-state index in [1.54, 1.807) is 18.2 Å². The molecule has 1 rings (SSSR count). The number of aliphatic carboxylic acids is 1. The summed E-state index contributed by atoms with van der Waals surface area (Å²) >= 11 is 11.8. The lowest BCUT2D eigenvalue weighted by Crippen LogP contribution is -2.26. The van der Waals surface area contributed by atoms with Crippen molar-refractivity contribution in [2.24, 2.45) is 0 Å². The fourth-order valence-corrected chi connectivity index (χ4v) is 1.89. The second kappa shape index (κ2) is 7.41. The molecule has 0 unspecified atom stereocenters. The summed E-state index contributed by atoms with van der Waals surface area (Å²) in [5.41, 5.74) is 0.997. The van der Waals surface area contributed by atoms with Gasteiger partial charge in [0.1, 0.15) is 0 Å². The summed E-state index contributed by atoms with van der Waals surface area (Å²) < 4.78 is 0. The van der Waals surface area contributed by atoms with Gasteiger partial charge >= 0.3 is 5.97 Å². The normalized spacial score (nSPS) is 10.6. The number of halogens is 2. The first-order valence-corrected chi connectivity index (χ1v) is 6.27. The molecule has 3 nitrogen and oxygen atoms in total. The number of hydrogen-bond acceptors (Lipinski definition) is 2. The van der Waals surface area contributed by atoms with Gasteiger partial charge in [-0.15, -0.1) is 6.58 Å². The van der Waals surface area contributed by atoms with Crippen LogP contribution in [0.25, 0.3) is 0 Å². The Bertz CT molecular complexity index is 435. The van der Waals surface area contributed by atoms with Gasteiger partial charge in [0.2, 0.25) is 0 Å². The van der Waals surface area contributed by atoms with E-state index in [0.717, 1.165) is 5.56 Å². The molecule has 0 radical (unpaired) electrons. The third kappa shape index (κ3) is 5.08. The molecule has 0 atom stereocenters. The van der Waals surface area contributed by atoms with Crippen LogP contribution in [0.4, 0.5) is 0 Å². The molecule has 5 heteroatoms. The Labute approximate surface area is 117 Å². The van der Waals surface area contributed by atoms with Gasteiger partial charge in [0.15, 0.2) is 0 Å². The zero-order valence-electron chi connectivity index (χ0n) is 9.90. The van der Waals surface area contributed by atoms with Crippen LogP contribution in [0.15, 0.2) is 30.9 Å². The average molecular weight is 288 g/mol. The minimum atomic E-state index is -0.807. The predicted octanol–water partition coefficient (Wildman–Crippen LogP) is 3.46. The van der Waals surface area contributed by atoms with Crippen LogP contribution in [0.5, 0.6) is 0 Å². The molecule has 1 N–H and O–H groups in total. The Morgan fingerprint density at radius 3 is 2.67 bits per heavy atom. The largest absolute Gasteiger partial charge is 0.481 e. The minimum Gasteiger partial charge on any atom is -0.481 e. The first kappa shape index (κ1) is 15.0. The number of carboxylic acid groups (broad SMARTS) is 1. The first-order chi connectivity index (χ1) is 8.52. The topological polar surface area (TPSA) is 40.5 Å². The van der Waals surface area contributed by atoms with Gasteiger partial charge < -0.3 is 5.11 Å². The zero-order chi connectivity index (χ0) is 13.5. The van der Waals surface area contributed by atoms with E-state index in [2.05, 4.69) is 6.58 Å². The maximum atomic E-state index is 10.6. The SMILES string of the molecule is C=CCN(CCC(=O)O)Cc1ccc(Cl)c(Cl)c1. The molecule has 0 aliphatic heterocycles. The predicted molar refractivity (Wildman–Crippen MR) is 74.2 cm³/mol. The van der Waals surface area contributed by atoms with Crippen molar-refractivity contribution in [3.05, 3.63) is 46.5 Å². The van der Waals surface area contributed by atoms with Crippen molar-refractivity contribution >= 4 is 29.2 Å². The summed E-state index contributed by atoms with van der Waals surface area (Å²) in [6.07, 6.45) is 1.86. The quantitative estimate of drug-likeness (QED) is 0.781. The van der Waals surface area contributed by atoms with Gasteiger partial charge in [0.25, 0.3) is 0 Å². The molecule has 0 heterocycles. The van der Waals surface area contributed by atoms with Crippen LogP contribution in [0, 0.1) is 0 Å². The van der Waals surface area contributed by atoms with E-state index in [1.165, 1.54) is 0 Å². The highest BCUT2D eigenvalue weighted by Gasteiger charge is 2.08. The Morgan fingerprint density at radius 2 is 2.11 bits per heavy atom. The Hall–Kier alpha value is -1.03. The molecule has 1 aromatic carbocycles. The molecular formula is C13H15Cl2NO2. The number of benzene rings is 1. The van der Waals surface area contributed by atoms with Crippen LogP contribution in [0.3, 0.4) is 0 Å². The lowest BCUT2D eigenvalue weighted by Gasteiger charge is -2.20. The molecule has 0 amide bonds. The summed E-state index contributed by atoms with van der Waals surface area (Å²) in [5.74, 6) is -0.807. The molecule has 0 spiro atoms. The molecule has 0 aliphatic rings. The molecule has 0 aliphatic carbocycles. The van der Waals surface area contributed by atoms with Crippen molar-refractivity contribution in [1.82, 2.24) is 4.90 Å². The number of rotatable bonds is 7. The number of hydrogen-bond donors (Lipinski definition) is 1. The van der Waals surface area contributed by atoms with Crippen LogP contribution >= 0.6 is 23.2 Å². The van der Waals surface area contributed by atoms with E-state index in [0.29, 0.717) is 29.7 Å². The molecule has 0 fully saturated rings. The highest BCUT2D eigenvalue weighted by Crippen LogP contribution is 2.23. The van der Waals surface area contributed by atoms with Crippen LogP contribution < -0.4 is 0 Å². The maximum Gasteiger partial charge on any atom is 0.304 e. The Kier molecular flexibility index (Phi) is 6.19. The number of carbonyl (C=O) groups is 1. The van der Waals surface area contributed by atoms with E-state index < -0.39 is 5.97 Å². The van der Waals surface area contributed by atoms with E-state index in [1.807, 2.05) is 11.0 Å². The molecule has 98 valence electrons. The number of carboxylic acids is 1. The van der Waals surface area contributed by atoms with Crippen molar-refractivity contribution < 1.29 is 9.90 Å². The van der Waals surface area contributed by atoms with E-state index in [-0.39, 0.29) is 6.42 Å². The second-order valence-corrected chi connectivity index (χ2v) is 4.73. The van der Waals surface area contributed by atoms with Gasteiger partial charge in [-0.1, -0.05) is 35.3 Å². The molecule has 0 saturated heterocycles. The third-order valence-corrected chi connectivity index (χ3v) is 3.16. The van der Waals surface area contributed by atoms with Crippen molar-refractivity contribution in [3.63, 3.8) is 0 Å². The first-order valence-electron chi connectivity index (χ1n) is 5.52. The van der Waals surface area contributed by atoms with Crippen LogP contribution in [-0.2, 0) is 11.3 Å². The van der Waals surface area contributed by atoms with Crippen molar-refractivity contribution in [3.8, 4) is 0 Å².